The number of para-hydroxylation sites is 1. The van der Waals surface area contributed by atoms with Gasteiger partial charge in [0.2, 0.25) is 0 Å². The number of rotatable bonds is 5. The smallest absolute Gasteiger partial charge is 0.323 e. The molecule has 1 aliphatic heterocycles. The van der Waals surface area contributed by atoms with Crippen LogP contribution in [-0.4, -0.2) is 28.9 Å². The van der Waals surface area contributed by atoms with E-state index in [1.165, 1.54) is 28.6 Å². The van der Waals surface area contributed by atoms with Gasteiger partial charge in [0.05, 0.1) is 7.11 Å². The summed E-state index contributed by atoms with van der Waals surface area (Å²) in [5, 5.41) is 4.74. The Morgan fingerprint density at radius 1 is 1.14 bits per heavy atom. The number of thioether (sulfide) groups is 1. The van der Waals surface area contributed by atoms with Crippen LogP contribution < -0.4 is 5.32 Å². The first-order valence-electron chi connectivity index (χ1n) is 9.64. The van der Waals surface area contributed by atoms with Crippen LogP contribution in [0.5, 0.6) is 0 Å². The molecule has 0 fully saturated rings. The fourth-order valence-corrected chi connectivity index (χ4v) is 5.30. The van der Waals surface area contributed by atoms with E-state index in [1.807, 2.05) is 23.9 Å². The molecule has 0 bridgehead atoms. The van der Waals surface area contributed by atoms with Crippen molar-refractivity contribution in [3.63, 3.8) is 0 Å². The summed E-state index contributed by atoms with van der Waals surface area (Å²) in [4.78, 5) is 17.2. The molecule has 1 aliphatic rings. The number of hydrogen-bond acceptors (Lipinski definition) is 4. The fourth-order valence-electron chi connectivity index (χ4n) is 4.12. The lowest BCUT2D eigenvalue weighted by Gasteiger charge is -2.35. The van der Waals surface area contributed by atoms with Gasteiger partial charge < -0.3 is 9.72 Å². The molecular weight excluding hydrogens is 368 g/mol. The van der Waals surface area contributed by atoms with Crippen LogP contribution in [0.15, 0.2) is 59.5 Å². The molecule has 3 aromatic rings. The van der Waals surface area contributed by atoms with Gasteiger partial charge in [-0.25, -0.2) is 0 Å². The number of benzene rings is 2. The third-order valence-electron chi connectivity index (χ3n) is 5.32. The highest BCUT2D eigenvalue weighted by molar-refractivity contribution is 8.00. The Kier molecular flexibility index (Phi) is 5.21. The molecule has 28 heavy (non-hydrogen) atoms. The molecule has 0 spiro atoms. The Morgan fingerprint density at radius 2 is 1.86 bits per heavy atom. The Labute approximate surface area is 170 Å². The molecule has 2 aromatic carbocycles. The van der Waals surface area contributed by atoms with Crippen molar-refractivity contribution in [2.24, 2.45) is 0 Å². The number of esters is 1. The first-order valence-corrected chi connectivity index (χ1v) is 10.5. The van der Waals surface area contributed by atoms with E-state index in [1.54, 1.807) is 0 Å². The lowest BCUT2D eigenvalue weighted by atomic mass is 9.89. The number of carbonyl (C=O) groups is 1. The Balaban J connectivity index is 1.66. The highest BCUT2D eigenvalue weighted by Gasteiger charge is 2.36. The average Bonchev–Trinajstić information content (AvgIpc) is 3.06. The maximum Gasteiger partial charge on any atom is 0.323 e. The Hall–Kier alpha value is -2.24. The predicted molar refractivity (Wildman–Crippen MR) is 115 cm³/mol. The van der Waals surface area contributed by atoms with E-state index in [0.29, 0.717) is 6.42 Å². The monoisotopic (exact) mass is 394 g/mol. The summed E-state index contributed by atoms with van der Waals surface area (Å²) >= 11 is 1.87. The number of methoxy groups -OCH3 is 1. The Bertz CT molecular complexity index is 981. The molecule has 2 atom stereocenters. The summed E-state index contributed by atoms with van der Waals surface area (Å²) < 4.78 is 5.04. The highest BCUT2D eigenvalue weighted by atomic mass is 32.2. The SMILES string of the molecule is COC(=O)[C@@H]1Cc2c([nH]c3ccccc23)[C@@H](CC(C)(C)Sc2ccccc2)N1. The quantitative estimate of drug-likeness (QED) is 0.479. The van der Waals surface area contributed by atoms with Crippen molar-refractivity contribution in [2.75, 3.05) is 7.11 Å². The van der Waals surface area contributed by atoms with Gasteiger partial charge in [0.15, 0.2) is 0 Å². The number of H-pyrrole nitrogens is 1. The number of aromatic amines is 1. The van der Waals surface area contributed by atoms with Gasteiger partial charge in [0, 0.05) is 38.7 Å². The zero-order chi connectivity index (χ0) is 19.7. The van der Waals surface area contributed by atoms with Crippen molar-refractivity contribution >= 4 is 28.6 Å². The van der Waals surface area contributed by atoms with E-state index in [-0.39, 0.29) is 22.8 Å². The molecule has 0 radical (unpaired) electrons. The third-order valence-corrected chi connectivity index (χ3v) is 6.55. The standard InChI is InChI=1S/C23H26N2O2S/c1-23(2,28-15-9-5-4-6-10-15)14-20-21-17(13-19(24-20)22(26)27-3)16-11-7-8-12-18(16)25-21/h4-12,19-20,24-25H,13-14H2,1-3H3/t19-,20+/m0/s1. The van der Waals surface area contributed by atoms with Gasteiger partial charge in [-0.15, -0.1) is 11.8 Å². The minimum atomic E-state index is -0.320. The molecule has 0 aliphatic carbocycles. The third kappa shape index (κ3) is 3.82. The minimum Gasteiger partial charge on any atom is -0.468 e. The molecule has 0 amide bonds. The molecule has 2 N–H and O–H groups in total. The van der Waals surface area contributed by atoms with Crippen LogP contribution in [0.2, 0.25) is 0 Å². The molecule has 2 heterocycles. The summed E-state index contributed by atoms with van der Waals surface area (Å²) in [6.45, 7) is 4.52. The second-order valence-electron chi connectivity index (χ2n) is 7.94. The predicted octanol–water partition coefficient (Wildman–Crippen LogP) is 4.86. The van der Waals surface area contributed by atoms with E-state index in [4.69, 9.17) is 4.74 Å². The van der Waals surface area contributed by atoms with Crippen LogP contribution >= 0.6 is 11.8 Å². The van der Waals surface area contributed by atoms with E-state index < -0.39 is 0 Å². The Morgan fingerprint density at radius 3 is 2.61 bits per heavy atom. The van der Waals surface area contributed by atoms with Crippen LogP contribution in [-0.2, 0) is 16.0 Å². The summed E-state index contributed by atoms with van der Waals surface area (Å²) in [7, 11) is 1.46. The summed E-state index contributed by atoms with van der Waals surface area (Å²) in [5.41, 5.74) is 3.55. The number of carbonyl (C=O) groups excluding carboxylic acids is 1. The van der Waals surface area contributed by atoms with Crippen molar-refractivity contribution in [1.29, 1.82) is 0 Å². The van der Waals surface area contributed by atoms with Crippen molar-refractivity contribution in [3.8, 4) is 0 Å². The summed E-state index contributed by atoms with van der Waals surface area (Å²) in [6.07, 6.45) is 1.54. The second kappa shape index (κ2) is 7.64. The van der Waals surface area contributed by atoms with Gasteiger partial charge in [-0.2, -0.15) is 0 Å². The molecule has 0 unspecified atom stereocenters. The van der Waals surface area contributed by atoms with Gasteiger partial charge in [-0.05, 0) is 30.2 Å². The lowest BCUT2D eigenvalue weighted by Crippen LogP contribution is -2.46. The summed E-state index contributed by atoms with van der Waals surface area (Å²) in [5.74, 6) is -0.200. The largest absolute Gasteiger partial charge is 0.468 e. The number of hydrogen-bond donors (Lipinski definition) is 2. The second-order valence-corrected chi connectivity index (χ2v) is 9.72. The molecule has 4 nitrogen and oxygen atoms in total. The average molecular weight is 395 g/mol. The molecule has 0 saturated heterocycles. The number of ether oxygens (including phenoxy) is 1. The maximum atomic E-state index is 12.3. The van der Waals surface area contributed by atoms with E-state index >= 15 is 0 Å². The first-order chi connectivity index (χ1) is 13.5. The molecule has 4 rings (SSSR count). The summed E-state index contributed by atoms with van der Waals surface area (Å²) in [6, 6.07) is 18.5. The zero-order valence-electron chi connectivity index (χ0n) is 16.5. The molecule has 146 valence electrons. The normalized spacial score (nSPS) is 19.4. The topological polar surface area (TPSA) is 54.1 Å². The fraction of sp³-hybridized carbons (Fsp3) is 0.348. The van der Waals surface area contributed by atoms with Crippen LogP contribution in [0.3, 0.4) is 0 Å². The van der Waals surface area contributed by atoms with Crippen LogP contribution in [0.4, 0.5) is 0 Å². The van der Waals surface area contributed by atoms with Gasteiger partial charge in [0.1, 0.15) is 6.04 Å². The van der Waals surface area contributed by atoms with Crippen molar-refractivity contribution in [3.05, 3.63) is 65.9 Å². The highest BCUT2D eigenvalue weighted by Crippen LogP contribution is 2.42. The van der Waals surface area contributed by atoms with Crippen LogP contribution in [0, 0.1) is 0 Å². The molecule has 5 heteroatoms. The molecule has 1 aromatic heterocycles. The number of fused-ring (bicyclic) bond motifs is 3. The van der Waals surface area contributed by atoms with Crippen LogP contribution in [0.25, 0.3) is 10.9 Å². The lowest BCUT2D eigenvalue weighted by molar-refractivity contribution is -0.143. The van der Waals surface area contributed by atoms with Crippen LogP contribution in [0.1, 0.15) is 37.6 Å². The van der Waals surface area contributed by atoms with E-state index in [0.717, 1.165) is 11.9 Å². The molecular formula is C23H26N2O2S. The van der Waals surface area contributed by atoms with E-state index in [9.17, 15) is 4.79 Å². The first kappa shape index (κ1) is 19.1. The van der Waals surface area contributed by atoms with Crippen molar-refractivity contribution in [2.45, 2.75) is 48.4 Å². The maximum absolute atomic E-state index is 12.3. The minimum absolute atomic E-state index is 0.00834. The van der Waals surface area contributed by atoms with Gasteiger partial charge in [-0.1, -0.05) is 50.2 Å². The van der Waals surface area contributed by atoms with Crippen molar-refractivity contribution < 1.29 is 9.53 Å². The van der Waals surface area contributed by atoms with Gasteiger partial charge in [0.25, 0.3) is 0 Å². The van der Waals surface area contributed by atoms with Crippen molar-refractivity contribution in [1.82, 2.24) is 10.3 Å². The van der Waals surface area contributed by atoms with E-state index in [2.05, 4.69) is 66.6 Å². The molecule has 0 saturated carbocycles. The number of nitrogens with one attached hydrogen (secondary N) is 2. The van der Waals surface area contributed by atoms with Gasteiger partial charge >= 0.3 is 5.97 Å². The number of aromatic nitrogens is 1. The zero-order valence-corrected chi connectivity index (χ0v) is 17.3. The van der Waals surface area contributed by atoms with Gasteiger partial charge in [-0.3, -0.25) is 10.1 Å².